The van der Waals surface area contributed by atoms with Crippen LogP contribution >= 0.6 is 0 Å². The van der Waals surface area contributed by atoms with Gasteiger partial charge in [-0.25, -0.2) is 0 Å². The van der Waals surface area contributed by atoms with Gasteiger partial charge in [0.2, 0.25) is 0 Å². The Morgan fingerprint density at radius 1 is 1.30 bits per heavy atom. The monoisotopic (exact) mass is 139 g/mol. The standard InChI is InChI=1S/C9H17N/c1-6(2)10-9-5-8(9)7-3-4-7/h6-10H,3-5H2,1-2H3/t8-,9-/m0/s1. The molecule has 2 aliphatic rings. The van der Waals surface area contributed by atoms with E-state index in [9.17, 15) is 0 Å². The van der Waals surface area contributed by atoms with Crippen LogP contribution in [0.3, 0.4) is 0 Å². The lowest BCUT2D eigenvalue weighted by Crippen LogP contribution is -2.26. The van der Waals surface area contributed by atoms with E-state index >= 15 is 0 Å². The van der Waals surface area contributed by atoms with Crippen molar-refractivity contribution in [2.75, 3.05) is 0 Å². The third kappa shape index (κ3) is 1.34. The van der Waals surface area contributed by atoms with Crippen LogP contribution < -0.4 is 5.32 Å². The average molecular weight is 139 g/mol. The number of rotatable bonds is 3. The summed E-state index contributed by atoms with van der Waals surface area (Å²) in [6, 6.07) is 1.58. The van der Waals surface area contributed by atoms with Crippen molar-refractivity contribution < 1.29 is 0 Å². The fraction of sp³-hybridized carbons (Fsp3) is 1.00. The minimum absolute atomic E-state index is 0.689. The Morgan fingerprint density at radius 2 is 2.00 bits per heavy atom. The fourth-order valence-corrected chi connectivity index (χ4v) is 1.88. The maximum atomic E-state index is 3.59. The zero-order chi connectivity index (χ0) is 7.14. The summed E-state index contributed by atoms with van der Waals surface area (Å²) in [7, 11) is 0. The van der Waals surface area contributed by atoms with Gasteiger partial charge in [-0.3, -0.25) is 0 Å². The first-order valence-electron chi connectivity index (χ1n) is 4.53. The summed E-state index contributed by atoms with van der Waals surface area (Å²) in [6.07, 6.45) is 4.49. The van der Waals surface area contributed by atoms with Gasteiger partial charge >= 0.3 is 0 Å². The molecule has 1 nitrogen and oxygen atoms in total. The van der Waals surface area contributed by atoms with Gasteiger partial charge in [-0.1, -0.05) is 13.8 Å². The van der Waals surface area contributed by atoms with Gasteiger partial charge in [0, 0.05) is 12.1 Å². The van der Waals surface area contributed by atoms with Crippen molar-refractivity contribution in [2.45, 2.75) is 45.2 Å². The fourth-order valence-electron chi connectivity index (χ4n) is 1.88. The summed E-state index contributed by atoms with van der Waals surface area (Å²) in [5.41, 5.74) is 0. The highest BCUT2D eigenvalue weighted by molar-refractivity contribution is 5.01. The molecule has 0 saturated heterocycles. The third-order valence-electron chi connectivity index (χ3n) is 2.61. The predicted molar refractivity (Wildman–Crippen MR) is 42.9 cm³/mol. The topological polar surface area (TPSA) is 12.0 Å². The van der Waals surface area contributed by atoms with Crippen molar-refractivity contribution in [1.82, 2.24) is 5.32 Å². The summed E-state index contributed by atoms with van der Waals surface area (Å²) >= 11 is 0. The second kappa shape index (κ2) is 2.23. The molecule has 10 heavy (non-hydrogen) atoms. The molecule has 2 saturated carbocycles. The molecule has 58 valence electrons. The highest BCUT2D eigenvalue weighted by Gasteiger charge is 2.47. The van der Waals surface area contributed by atoms with Crippen LogP contribution in [0.15, 0.2) is 0 Å². The molecule has 0 aliphatic heterocycles. The van der Waals surface area contributed by atoms with Crippen LogP contribution in [0.1, 0.15) is 33.1 Å². The molecule has 0 heterocycles. The van der Waals surface area contributed by atoms with Crippen molar-refractivity contribution in [3.63, 3.8) is 0 Å². The van der Waals surface area contributed by atoms with E-state index in [4.69, 9.17) is 0 Å². The summed E-state index contributed by atoms with van der Waals surface area (Å²) in [5.74, 6) is 2.19. The molecule has 0 aromatic rings. The Hall–Kier alpha value is -0.0400. The molecule has 0 aromatic heterocycles. The number of nitrogens with one attached hydrogen (secondary N) is 1. The van der Waals surface area contributed by atoms with Crippen LogP contribution in [0.5, 0.6) is 0 Å². The van der Waals surface area contributed by atoms with Crippen LogP contribution in [0, 0.1) is 11.8 Å². The molecule has 2 rings (SSSR count). The molecule has 0 aromatic carbocycles. The van der Waals surface area contributed by atoms with Gasteiger partial charge in [-0.15, -0.1) is 0 Å². The summed E-state index contributed by atoms with van der Waals surface area (Å²) in [5, 5.41) is 3.59. The molecule has 2 atom stereocenters. The van der Waals surface area contributed by atoms with E-state index in [1.54, 1.807) is 0 Å². The average Bonchev–Trinajstić information content (AvgIpc) is 2.49. The van der Waals surface area contributed by atoms with Gasteiger partial charge in [-0.05, 0) is 31.1 Å². The minimum Gasteiger partial charge on any atom is -0.311 e. The minimum atomic E-state index is 0.689. The maximum Gasteiger partial charge on any atom is 0.0104 e. The first kappa shape index (κ1) is 6.66. The van der Waals surface area contributed by atoms with Gasteiger partial charge in [0.1, 0.15) is 0 Å². The smallest absolute Gasteiger partial charge is 0.0104 e. The molecular formula is C9H17N. The normalized spacial score (nSPS) is 38.7. The quantitative estimate of drug-likeness (QED) is 0.628. The van der Waals surface area contributed by atoms with Crippen LogP contribution in [0.4, 0.5) is 0 Å². The molecule has 2 aliphatic carbocycles. The lowest BCUT2D eigenvalue weighted by Gasteiger charge is -2.05. The summed E-state index contributed by atoms with van der Waals surface area (Å²) < 4.78 is 0. The summed E-state index contributed by atoms with van der Waals surface area (Å²) in [6.45, 7) is 4.48. The third-order valence-corrected chi connectivity index (χ3v) is 2.61. The van der Waals surface area contributed by atoms with Gasteiger partial charge in [0.25, 0.3) is 0 Å². The molecule has 0 spiro atoms. The van der Waals surface area contributed by atoms with Gasteiger partial charge in [0.15, 0.2) is 0 Å². The van der Waals surface area contributed by atoms with E-state index in [0.29, 0.717) is 6.04 Å². The first-order chi connectivity index (χ1) is 4.77. The zero-order valence-corrected chi connectivity index (χ0v) is 6.93. The first-order valence-corrected chi connectivity index (χ1v) is 4.53. The lowest BCUT2D eigenvalue weighted by molar-refractivity contribution is 0.536. The Bertz CT molecular complexity index is 127. The molecule has 2 fully saturated rings. The van der Waals surface area contributed by atoms with E-state index in [0.717, 1.165) is 17.9 Å². The summed E-state index contributed by atoms with van der Waals surface area (Å²) in [4.78, 5) is 0. The number of hydrogen-bond donors (Lipinski definition) is 1. The van der Waals surface area contributed by atoms with Crippen LogP contribution in [-0.4, -0.2) is 12.1 Å². The Morgan fingerprint density at radius 3 is 2.50 bits per heavy atom. The molecule has 0 amide bonds. The van der Waals surface area contributed by atoms with Gasteiger partial charge < -0.3 is 5.32 Å². The molecule has 0 unspecified atom stereocenters. The van der Waals surface area contributed by atoms with Crippen molar-refractivity contribution in [2.24, 2.45) is 11.8 Å². The largest absolute Gasteiger partial charge is 0.311 e. The van der Waals surface area contributed by atoms with E-state index in [1.807, 2.05) is 0 Å². The Kier molecular flexibility index (Phi) is 1.48. The maximum absolute atomic E-state index is 3.59. The molecule has 0 radical (unpaired) electrons. The predicted octanol–water partition coefficient (Wildman–Crippen LogP) is 1.78. The molecule has 0 bridgehead atoms. The highest BCUT2D eigenvalue weighted by atomic mass is 15.0. The van der Waals surface area contributed by atoms with Crippen molar-refractivity contribution >= 4 is 0 Å². The molecule has 1 heteroatoms. The van der Waals surface area contributed by atoms with Gasteiger partial charge in [-0.2, -0.15) is 0 Å². The Labute approximate surface area is 63.2 Å². The van der Waals surface area contributed by atoms with Crippen LogP contribution in [0.2, 0.25) is 0 Å². The van der Waals surface area contributed by atoms with E-state index in [2.05, 4.69) is 19.2 Å². The van der Waals surface area contributed by atoms with E-state index < -0.39 is 0 Å². The van der Waals surface area contributed by atoms with Crippen LogP contribution in [-0.2, 0) is 0 Å². The van der Waals surface area contributed by atoms with Crippen molar-refractivity contribution in [3.8, 4) is 0 Å². The van der Waals surface area contributed by atoms with Gasteiger partial charge in [0.05, 0.1) is 0 Å². The molecule has 1 N–H and O–H groups in total. The second-order valence-electron chi connectivity index (χ2n) is 4.16. The van der Waals surface area contributed by atoms with E-state index in [-0.39, 0.29) is 0 Å². The number of hydrogen-bond acceptors (Lipinski definition) is 1. The Balaban J connectivity index is 1.69. The van der Waals surface area contributed by atoms with Crippen LogP contribution in [0.25, 0.3) is 0 Å². The lowest BCUT2D eigenvalue weighted by atomic mass is 10.2. The van der Waals surface area contributed by atoms with Crippen molar-refractivity contribution in [1.29, 1.82) is 0 Å². The van der Waals surface area contributed by atoms with Crippen molar-refractivity contribution in [3.05, 3.63) is 0 Å². The van der Waals surface area contributed by atoms with E-state index in [1.165, 1.54) is 19.3 Å². The molecular weight excluding hydrogens is 122 g/mol. The zero-order valence-electron chi connectivity index (χ0n) is 6.93. The SMILES string of the molecule is CC(C)N[C@H]1C[C@H]1C1CC1. The second-order valence-corrected chi connectivity index (χ2v) is 4.16. The highest BCUT2D eigenvalue weighted by Crippen LogP contribution is 2.50.